The second-order valence-corrected chi connectivity index (χ2v) is 6.93. The van der Waals surface area contributed by atoms with E-state index in [1.54, 1.807) is 23.2 Å². The van der Waals surface area contributed by atoms with Crippen molar-refractivity contribution in [2.75, 3.05) is 11.6 Å². The van der Waals surface area contributed by atoms with Crippen LogP contribution < -0.4 is 10.3 Å². The topological polar surface area (TPSA) is 44.7 Å². The summed E-state index contributed by atoms with van der Waals surface area (Å²) in [5, 5.41) is 10.1. The van der Waals surface area contributed by atoms with E-state index in [0.29, 0.717) is 34.4 Å². The van der Waals surface area contributed by atoms with Gasteiger partial charge in [-0.05, 0) is 52.9 Å². The van der Waals surface area contributed by atoms with Crippen molar-refractivity contribution in [2.24, 2.45) is 5.10 Å². The lowest BCUT2D eigenvalue weighted by Gasteiger charge is -2.13. The summed E-state index contributed by atoms with van der Waals surface area (Å²) < 4.78 is 0.905. The molecule has 1 amide bonds. The fourth-order valence-electron chi connectivity index (χ4n) is 2.22. The Bertz CT molecular complexity index is 796. The number of hydrogen-bond acceptors (Lipinski definition) is 3. The fraction of sp³-hybridized carbons (Fsp3) is 0.222. The van der Waals surface area contributed by atoms with E-state index in [0.717, 1.165) is 9.26 Å². The van der Waals surface area contributed by atoms with Crippen LogP contribution in [0.3, 0.4) is 0 Å². The molecule has 7 heteroatoms. The summed E-state index contributed by atoms with van der Waals surface area (Å²) in [5.74, 6) is 0.491. The van der Waals surface area contributed by atoms with Gasteiger partial charge < -0.3 is 5.32 Å². The Kier molecular flexibility index (Phi) is 7.53. The van der Waals surface area contributed by atoms with Gasteiger partial charge in [0.2, 0.25) is 0 Å². The lowest BCUT2D eigenvalue weighted by atomic mass is 10.2. The van der Waals surface area contributed by atoms with Gasteiger partial charge >= 0.3 is 0 Å². The number of hydrogen-bond donors (Lipinski definition) is 1. The fourth-order valence-corrected chi connectivity index (χ4v) is 3.15. The van der Waals surface area contributed by atoms with Crippen molar-refractivity contribution in [1.29, 1.82) is 0 Å². The number of halogens is 3. The van der Waals surface area contributed by atoms with Crippen LogP contribution in [0.1, 0.15) is 30.6 Å². The maximum Gasteiger partial charge on any atom is 0.257 e. The standard InChI is InChI=1S/C16H12Cl2IN3O.C2H6/c17-12-6-5-10(9-13(12)18)22-8-7-15(21-22)20-16(23)11-3-1-2-4-14(11)19;1-2/h1-6,9H,7-8H2,(H,20,21,23);1-2H3. The van der Waals surface area contributed by atoms with Gasteiger partial charge in [-0.3, -0.25) is 9.80 Å². The Morgan fingerprint density at radius 1 is 1.16 bits per heavy atom. The predicted molar refractivity (Wildman–Crippen MR) is 114 cm³/mol. The first-order valence-corrected chi connectivity index (χ1v) is 9.74. The number of nitrogens with zero attached hydrogens (tertiary/aromatic N) is 2. The molecule has 0 spiro atoms. The third-order valence-corrected chi connectivity index (χ3v) is 5.06. The molecule has 0 atom stereocenters. The summed E-state index contributed by atoms with van der Waals surface area (Å²) in [6, 6.07) is 12.8. The van der Waals surface area contributed by atoms with E-state index in [1.807, 2.05) is 38.1 Å². The predicted octanol–water partition coefficient (Wildman–Crippen LogP) is 5.58. The van der Waals surface area contributed by atoms with Crippen LogP contribution in [0.5, 0.6) is 0 Å². The van der Waals surface area contributed by atoms with Gasteiger partial charge in [-0.2, -0.15) is 5.10 Å². The molecule has 0 bridgehead atoms. The average molecular weight is 490 g/mol. The first-order chi connectivity index (χ1) is 12.0. The van der Waals surface area contributed by atoms with Crippen molar-refractivity contribution < 1.29 is 4.79 Å². The molecule has 4 nitrogen and oxygen atoms in total. The number of carbonyl (C=O) groups is 1. The Hall–Kier alpha value is -1.31. The number of rotatable bonds is 2. The molecule has 2 aromatic carbocycles. The average Bonchev–Trinajstić information content (AvgIpc) is 3.08. The quantitative estimate of drug-likeness (QED) is 0.560. The molecule has 3 rings (SSSR count). The van der Waals surface area contributed by atoms with E-state index in [9.17, 15) is 4.79 Å². The van der Waals surface area contributed by atoms with Gasteiger partial charge in [0.25, 0.3) is 5.91 Å². The summed E-state index contributed by atoms with van der Waals surface area (Å²) in [6.07, 6.45) is 0.662. The molecule has 0 saturated carbocycles. The summed E-state index contributed by atoms with van der Waals surface area (Å²) in [7, 11) is 0. The number of amidine groups is 1. The van der Waals surface area contributed by atoms with Crippen molar-refractivity contribution in [3.63, 3.8) is 0 Å². The summed E-state index contributed by atoms with van der Waals surface area (Å²) in [6.45, 7) is 4.68. The van der Waals surface area contributed by atoms with E-state index in [-0.39, 0.29) is 5.91 Å². The lowest BCUT2D eigenvalue weighted by molar-refractivity contribution is 0.0975. The minimum atomic E-state index is -0.148. The van der Waals surface area contributed by atoms with Gasteiger partial charge in [0, 0.05) is 16.5 Å². The van der Waals surface area contributed by atoms with E-state index < -0.39 is 0 Å². The van der Waals surface area contributed by atoms with Crippen LogP contribution in [-0.2, 0) is 0 Å². The highest BCUT2D eigenvalue weighted by Gasteiger charge is 2.19. The second-order valence-electron chi connectivity index (χ2n) is 4.95. The Balaban J connectivity index is 0.00000109. The van der Waals surface area contributed by atoms with Crippen LogP contribution in [-0.4, -0.2) is 18.3 Å². The van der Waals surface area contributed by atoms with Crippen molar-refractivity contribution in [3.05, 3.63) is 61.6 Å². The SMILES string of the molecule is CC.O=C(NC1=NN(c2ccc(Cl)c(Cl)c2)CC1)c1ccccc1I. The number of carbonyl (C=O) groups excluding carboxylic acids is 1. The molecule has 0 radical (unpaired) electrons. The molecule has 0 unspecified atom stereocenters. The number of amides is 1. The minimum Gasteiger partial charge on any atom is -0.309 e. The molecule has 1 N–H and O–H groups in total. The largest absolute Gasteiger partial charge is 0.309 e. The van der Waals surface area contributed by atoms with E-state index in [4.69, 9.17) is 23.2 Å². The third kappa shape index (κ3) is 5.09. The van der Waals surface area contributed by atoms with Gasteiger partial charge in [0.15, 0.2) is 0 Å². The van der Waals surface area contributed by atoms with Crippen LogP contribution in [0.2, 0.25) is 10.0 Å². The number of hydrazone groups is 1. The summed E-state index contributed by atoms with van der Waals surface area (Å²) >= 11 is 14.1. The maximum atomic E-state index is 12.3. The zero-order chi connectivity index (χ0) is 18.4. The Morgan fingerprint density at radius 2 is 1.88 bits per heavy atom. The Morgan fingerprint density at radius 3 is 2.56 bits per heavy atom. The van der Waals surface area contributed by atoms with Crippen LogP contribution in [0.15, 0.2) is 47.6 Å². The molecular formula is C18H18Cl2IN3O. The van der Waals surface area contributed by atoms with Gasteiger partial charge in [0.05, 0.1) is 21.3 Å². The zero-order valence-corrected chi connectivity index (χ0v) is 17.6. The molecule has 0 aromatic heterocycles. The molecular weight excluding hydrogens is 472 g/mol. The molecule has 1 aliphatic rings. The maximum absolute atomic E-state index is 12.3. The van der Waals surface area contributed by atoms with Gasteiger partial charge in [-0.15, -0.1) is 0 Å². The molecule has 132 valence electrons. The highest BCUT2D eigenvalue weighted by molar-refractivity contribution is 14.1. The monoisotopic (exact) mass is 489 g/mol. The summed E-state index contributed by atoms with van der Waals surface area (Å²) in [5.41, 5.74) is 1.49. The van der Waals surface area contributed by atoms with E-state index in [2.05, 4.69) is 33.0 Å². The molecule has 0 aliphatic carbocycles. The third-order valence-electron chi connectivity index (χ3n) is 3.38. The van der Waals surface area contributed by atoms with Gasteiger partial charge in [-0.25, -0.2) is 0 Å². The van der Waals surface area contributed by atoms with Crippen LogP contribution in [0.25, 0.3) is 0 Å². The van der Waals surface area contributed by atoms with Crippen molar-refractivity contribution in [3.8, 4) is 0 Å². The Labute approximate surface area is 171 Å². The van der Waals surface area contributed by atoms with Gasteiger partial charge in [-0.1, -0.05) is 49.2 Å². The van der Waals surface area contributed by atoms with Gasteiger partial charge in [0.1, 0.15) is 5.84 Å². The molecule has 0 saturated heterocycles. The number of nitrogens with one attached hydrogen (secondary N) is 1. The number of anilines is 1. The molecule has 25 heavy (non-hydrogen) atoms. The van der Waals surface area contributed by atoms with E-state index >= 15 is 0 Å². The highest BCUT2D eigenvalue weighted by Crippen LogP contribution is 2.28. The highest BCUT2D eigenvalue weighted by atomic mass is 127. The second kappa shape index (κ2) is 9.40. The van der Waals surface area contributed by atoms with Crippen molar-refractivity contribution >= 4 is 63.2 Å². The summed E-state index contributed by atoms with van der Waals surface area (Å²) in [4.78, 5) is 12.3. The first-order valence-electron chi connectivity index (χ1n) is 7.90. The van der Waals surface area contributed by atoms with Crippen LogP contribution >= 0.6 is 45.8 Å². The van der Waals surface area contributed by atoms with E-state index in [1.165, 1.54) is 0 Å². The zero-order valence-electron chi connectivity index (χ0n) is 13.9. The number of benzene rings is 2. The molecule has 2 aromatic rings. The van der Waals surface area contributed by atoms with Crippen molar-refractivity contribution in [2.45, 2.75) is 20.3 Å². The molecule has 1 aliphatic heterocycles. The molecule has 0 fully saturated rings. The van der Waals surface area contributed by atoms with Crippen LogP contribution in [0.4, 0.5) is 5.69 Å². The normalized spacial score (nSPS) is 13.0. The minimum absolute atomic E-state index is 0.148. The van der Waals surface area contributed by atoms with Crippen LogP contribution in [0, 0.1) is 3.57 Å². The molecule has 1 heterocycles. The first kappa shape index (κ1) is 20.0. The van der Waals surface area contributed by atoms with Crippen molar-refractivity contribution in [1.82, 2.24) is 5.32 Å². The lowest BCUT2D eigenvalue weighted by Crippen LogP contribution is -2.29. The smallest absolute Gasteiger partial charge is 0.257 e.